The topological polar surface area (TPSA) is 21.3 Å². The third kappa shape index (κ3) is 6.24. The van der Waals surface area contributed by atoms with Gasteiger partial charge in [-0.3, -0.25) is 0 Å². The number of rotatable bonds is 12. The molecule has 1 saturated carbocycles. The first-order valence-corrected chi connectivity index (χ1v) is 11.8. The summed E-state index contributed by atoms with van der Waals surface area (Å²) in [5, 5.41) is 3.87. The third-order valence-corrected chi connectivity index (χ3v) is 6.63. The second-order valence-electron chi connectivity index (χ2n) is 8.92. The van der Waals surface area contributed by atoms with Gasteiger partial charge < -0.3 is 10.1 Å². The summed E-state index contributed by atoms with van der Waals surface area (Å²) in [7, 11) is 0. The van der Waals surface area contributed by atoms with Crippen LogP contribution in [0.25, 0.3) is 0 Å². The van der Waals surface area contributed by atoms with E-state index in [4.69, 9.17) is 4.74 Å². The van der Waals surface area contributed by atoms with Crippen LogP contribution in [0.4, 0.5) is 0 Å². The first kappa shape index (κ1) is 20.7. The maximum Gasteiger partial charge on any atom is 0.124 e. The van der Waals surface area contributed by atoms with Crippen LogP contribution in [0.3, 0.4) is 0 Å². The summed E-state index contributed by atoms with van der Waals surface area (Å²) in [6.07, 6.45) is 20.3. The van der Waals surface area contributed by atoms with E-state index in [1.165, 1.54) is 95.5 Å². The minimum Gasteiger partial charge on any atom is -0.487 e. The normalized spacial score (nSPS) is 20.6. The van der Waals surface area contributed by atoms with Gasteiger partial charge in [0.1, 0.15) is 11.4 Å². The Morgan fingerprint density at radius 3 is 2.22 bits per heavy atom. The van der Waals surface area contributed by atoms with Crippen molar-refractivity contribution >= 4 is 0 Å². The minimum absolute atomic E-state index is 0.115. The fraction of sp³-hybridized carbons (Fsp3) is 0.760. The van der Waals surface area contributed by atoms with Gasteiger partial charge in [-0.25, -0.2) is 0 Å². The lowest BCUT2D eigenvalue weighted by Gasteiger charge is -2.40. The Bertz CT molecular complexity index is 535. The average Bonchev–Trinajstić information content (AvgIpc) is 3.13. The second kappa shape index (κ2) is 11.1. The molecule has 1 spiro atoms. The number of fused-ring (bicyclic) bond motifs is 1. The molecule has 0 bridgehead atoms. The summed E-state index contributed by atoms with van der Waals surface area (Å²) in [4.78, 5) is 0. The molecular weight excluding hydrogens is 330 g/mol. The summed E-state index contributed by atoms with van der Waals surface area (Å²) in [6.45, 7) is 3.44. The monoisotopic (exact) mass is 371 g/mol. The van der Waals surface area contributed by atoms with Gasteiger partial charge in [-0.1, -0.05) is 82.9 Å². The lowest BCUT2D eigenvalue weighted by molar-refractivity contribution is 0.0367. The molecule has 2 nitrogen and oxygen atoms in total. The van der Waals surface area contributed by atoms with Gasteiger partial charge in [0.2, 0.25) is 0 Å². The highest BCUT2D eigenvalue weighted by molar-refractivity contribution is 5.39. The van der Waals surface area contributed by atoms with E-state index in [0.29, 0.717) is 6.04 Å². The van der Waals surface area contributed by atoms with Crippen LogP contribution < -0.4 is 10.1 Å². The maximum absolute atomic E-state index is 6.48. The van der Waals surface area contributed by atoms with Gasteiger partial charge in [0.15, 0.2) is 0 Å². The molecule has 1 N–H and O–H groups in total. The molecule has 27 heavy (non-hydrogen) atoms. The molecule has 152 valence electrons. The Hall–Kier alpha value is -1.02. The number of hydrogen-bond donors (Lipinski definition) is 1. The van der Waals surface area contributed by atoms with E-state index < -0.39 is 0 Å². The van der Waals surface area contributed by atoms with E-state index in [1.807, 2.05) is 0 Å². The zero-order valence-electron chi connectivity index (χ0n) is 17.6. The van der Waals surface area contributed by atoms with Crippen LogP contribution in [0.1, 0.15) is 115 Å². The van der Waals surface area contributed by atoms with E-state index in [-0.39, 0.29) is 5.60 Å². The fourth-order valence-electron chi connectivity index (χ4n) is 5.01. The molecule has 1 aromatic rings. The van der Waals surface area contributed by atoms with Crippen LogP contribution in [0, 0.1) is 0 Å². The third-order valence-electron chi connectivity index (χ3n) is 6.63. The standard InChI is InChI=1S/C25H41NO/c1-2-3-4-5-6-7-8-9-10-15-20-26-23-21-25(18-13-14-19-25)27-24-17-12-11-16-22(23)24/h11-12,16-17,23,26H,2-10,13-15,18-21H2,1H3. The zero-order chi connectivity index (χ0) is 18.8. The molecule has 1 aliphatic carbocycles. The van der Waals surface area contributed by atoms with Gasteiger partial charge in [0, 0.05) is 18.0 Å². The SMILES string of the molecule is CCCCCCCCCCCCNC1CC2(CCCC2)Oc2ccccc21. The van der Waals surface area contributed by atoms with Crippen LogP contribution in [-0.2, 0) is 0 Å². The van der Waals surface area contributed by atoms with Gasteiger partial charge in [-0.2, -0.15) is 0 Å². The van der Waals surface area contributed by atoms with Crippen molar-refractivity contribution in [2.24, 2.45) is 0 Å². The molecule has 1 heterocycles. The molecule has 0 amide bonds. The van der Waals surface area contributed by atoms with Crippen LogP contribution in [0.2, 0.25) is 0 Å². The highest BCUT2D eigenvalue weighted by Gasteiger charge is 2.42. The second-order valence-corrected chi connectivity index (χ2v) is 8.92. The average molecular weight is 372 g/mol. The lowest BCUT2D eigenvalue weighted by Crippen LogP contribution is -2.42. The predicted molar refractivity (Wildman–Crippen MR) is 115 cm³/mol. The fourth-order valence-corrected chi connectivity index (χ4v) is 5.01. The summed E-state index contributed by atoms with van der Waals surface area (Å²) in [5.41, 5.74) is 1.49. The Balaban J connectivity index is 1.33. The van der Waals surface area contributed by atoms with Crippen LogP contribution in [0.5, 0.6) is 5.75 Å². The van der Waals surface area contributed by atoms with Crippen molar-refractivity contribution in [3.63, 3.8) is 0 Å². The molecule has 0 radical (unpaired) electrons. The van der Waals surface area contributed by atoms with Crippen LogP contribution in [0.15, 0.2) is 24.3 Å². The number of ether oxygens (including phenoxy) is 1. The molecule has 2 heteroatoms. The lowest BCUT2D eigenvalue weighted by atomic mass is 9.86. The number of benzene rings is 1. The quantitative estimate of drug-likeness (QED) is 0.388. The zero-order valence-corrected chi connectivity index (χ0v) is 17.6. The van der Waals surface area contributed by atoms with Crippen LogP contribution in [-0.4, -0.2) is 12.1 Å². The molecule has 1 aromatic carbocycles. The van der Waals surface area contributed by atoms with Crippen molar-refractivity contribution in [2.75, 3.05) is 6.54 Å². The number of hydrogen-bond acceptors (Lipinski definition) is 2. The van der Waals surface area contributed by atoms with E-state index in [9.17, 15) is 0 Å². The first-order valence-electron chi connectivity index (χ1n) is 11.8. The molecule has 0 saturated heterocycles. The van der Waals surface area contributed by atoms with Crippen LogP contribution >= 0.6 is 0 Å². The Labute approximate surface area is 167 Å². The van der Waals surface area contributed by atoms with Gasteiger partial charge in [-0.05, 0) is 44.7 Å². The highest BCUT2D eigenvalue weighted by Crippen LogP contribution is 2.46. The molecule has 1 fully saturated rings. The molecular formula is C25H41NO. The van der Waals surface area contributed by atoms with Gasteiger partial charge in [-0.15, -0.1) is 0 Å². The summed E-state index contributed by atoms with van der Waals surface area (Å²) >= 11 is 0. The molecule has 1 unspecified atom stereocenters. The van der Waals surface area contributed by atoms with Crippen molar-refractivity contribution in [2.45, 2.75) is 115 Å². The van der Waals surface area contributed by atoms with Crippen molar-refractivity contribution in [1.29, 1.82) is 0 Å². The largest absolute Gasteiger partial charge is 0.487 e. The van der Waals surface area contributed by atoms with Gasteiger partial charge in [0.05, 0.1) is 0 Å². The molecule has 1 aliphatic heterocycles. The first-order chi connectivity index (χ1) is 13.3. The summed E-state index contributed by atoms with van der Waals surface area (Å²) in [5.74, 6) is 1.13. The van der Waals surface area contributed by atoms with Gasteiger partial charge in [0.25, 0.3) is 0 Å². The van der Waals surface area contributed by atoms with E-state index in [2.05, 4.69) is 36.5 Å². The highest BCUT2D eigenvalue weighted by atomic mass is 16.5. The maximum atomic E-state index is 6.48. The van der Waals surface area contributed by atoms with Gasteiger partial charge >= 0.3 is 0 Å². The molecule has 3 rings (SSSR count). The van der Waals surface area contributed by atoms with E-state index in [1.54, 1.807) is 0 Å². The predicted octanol–water partition coefficient (Wildman–Crippen LogP) is 7.33. The van der Waals surface area contributed by atoms with Crippen molar-refractivity contribution in [1.82, 2.24) is 5.32 Å². The number of unbranched alkanes of at least 4 members (excludes halogenated alkanes) is 9. The van der Waals surface area contributed by atoms with Crippen molar-refractivity contribution < 1.29 is 4.74 Å². The molecule has 0 aromatic heterocycles. The van der Waals surface area contributed by atoms with Crippen molar-refractivity contribution in [3.8, 4) is 5.75 Å². The summed E-state index contributed by atoms with van der Waals surface area (Å²) in [6, 6.07) is 9.18. The Morgan fingerprint density at radius 1 is 0.889 bits per heavy atom. The number of nitrogens with one attached hydrogen (secondary N) is 1. The van der Waals surface area contributed by atoms with E-state index in [0.717, 1.165) is 18.7 Å². The minimum atomic E-state index is 0.115. The van der Waals surface area contributed by atoms with E-state index >= 15 is 0 Å². The molecule has 2 aliphatic rings. The summed E-state index contributed by atoms with van der Waals surface area (Å²) < 4.78 is 6.48. The Kier molecular flexibility index (Phi) is 8.51. The smallest absolute Gasteiger partial charge is 0.124 e. The Morgan fingerprint density at radius 2 is 1.52 bits per heavy atom. The molecule has 1 atom stereocenters. The number of para-hydroxylation sites is 1. The van der Waals surface area contributed by atoms with Crippen molar-refractivity contribution in [3.05, 3.63) is 29.8 Å².